The molecule has 0 unspecified atom stereocenters. The fourth-order valence-electron chi connectivity index (χ4n) is 1.28. The molecule has 0 saturated carbocycles. The molecule has 3 N–H and O–H groups in total. The van der Waals surface area contributed by atoms with Gasteiger partial charge in [-0.2, -0.15) is 0 Å². The van der Waals surface area contributed by atoms with E-state index in [4.69, 9.17) is 5.14 Å². The molecule has 0 atom stereocenters. The standard InChI is InChI=1S/C10H16N2O4S2/c1-2-3-7-12-18(15,16)10-6-4-5-9(8-10)17(11,13)14/h4-6,8,12H,2-3,7H2,1H3,(H2,11,13,14). The third-order valence-corrected chi connectivity index (χ3v) is 4.64. The molecule has 0 aliphatic carbocycles. The fourth-order valence-corrected chi connectivity index (χ4v) is 3.04. The minimum Gasteiger partial charge on any atom is -0.225 e. The number of rotatable bonds is 6. The Morgan fingerprint density at radius 3 is 2.33 bits per heavy atom. The first-order valence-corrected chi connectivity index (χ1v) is 8.43. The van der Waals surface area contributed by atoms with Crippen LogP contribution in [0.15, 0.2) is 34.1 Å². The van der Waals surface area contributed by atoms with Gasteiger partial charge in [0.25, 0.3) is 0 Å². The summed E-state index contributed by atoms with van der Waals surface area (Å²) in [6.45, 7) is 2.26. The van der Waals surface area contributed by atoms with Crippen LogP contribution < -0.4 is 9.86 Å². The van der Waals surface area contributed by atoms with Gasteiger partial charge in [0, 0.05) is 6.54 Å². The minimum absolute atomic E-state index is 0.106. The molecule has 0 aromatic heterocycles. The number of unbranched alkanes of at least 4 members (excludes halogenated alkanes) is 1. The van der Waals surface area contributed by atoms with Gasteiger partial charge in [-0.3, -0.25) is 0 Å². The SMILES string of the molecule is CCCCNS(=O)(=O)c1cccc(S(N)(=O)=O)c1. The maximum atomic E-state index is 11.8. The molecule has 1 aromatic carbocycles. The molecule has 0 fully saturated rings. The van der Waals surface area contributed by atoms with Gasteiger partial charge < -0.3 is 0 Å². The highest BCUT2D eigenvalue weighted by Crippen LogP contribution is 2.14. The van der Waals surface area contributed by atoms with Crippen molar-refractivity contribution in [2.24, 2.45) is 5.14 Å². The molecule has 18 heavy (non-hydrogen) atoms. The summed E-state index contributed by atoms with van der Waals surface area (Å²) in [4.78, 5) is -0.328. The average Bonchev–Trinajstić information content (AvgIpc) is 2.28. The smallest absolute Gasteiger partial charge is 0.225 e. The Kier molecular flexibility index (Phi) is 4.85. The van der Waals surface area contributed by atoms with E-state index in [0.29, 0.717) is 13.0 Å². The number of benzene rings is 1. The highest BCUT2D eigenvalue weighted by atomic mass is 32.2. The first-order chi connectivity index (χ1) is 8.27. The Hall–Kier alpha value is -0.960. The van der Waals surface area contributed by atoms with Gasteiger partial charge in [-0.05, 0) is 24.6 Å². The molecule has 1 aromatic rings. The first-order valence-electron chi connectivity index (χ1n) is 5.40. The van der Waals surface area contributed by atoms with Gasteiger partial charge in [0.1, 0.15) is 0 Å². The zero-order valence-corrected chi connectivity index (χ0v) is 11.6. The second-order valence-corrected chi connectivity index (χ2v) is 7.10. The fraction of sp³-hybridized carbons (Fsp3) is 0.400. The summed E-state index contributed by atoms with van der Waals surface area (Å²) in [5.41, 5.74) is 0. The second kappa shape index (κ2) is 5.79. The van der Waals surface area contributed by atoms with Crippen molar-refractivity contribution in [1.82, 2.24) is 4.72 Å². The van der Waals surface area contributed by atoms with E-state index < -0.39 is 20.0 Å². The third kappa shape index (κ3) is 4.05. The van der Waals surface area contributed by atoms with Gasteiger partial charge in [0.15, 0.2) is 0 Å². The second-order valence-electron chi connectivity index (χ2n) is 3.77. The van der Waals surface area contributed by atoms with Crippen LogP contribution >= 0.6 is 0 Å². The maximum absolute atomic E-state index is 11.8. The molecule has 0 amide bonds. The highest BCUT2D eigenvalue weighted by Gasteiger charge is 2.16. The van der Waals surface area contributed by atoms with Crippen molar-refractivity contribution in [2.75, 3.05) is 6.54 Å². The van der Waals surface area contributed by atoms with Gasteiger partial charge in [-0.25, -0.2) is 26.7 Å². The van der Waals surface area contributed by atoms with Crippen molar-refractivity contribution in [3.05, 3.63) is 24.3 Å². The van der Waals surface area contributed by atoms with Crippen LogP contribution in [0.5, 0.6) is 0 Å². The summed E-state index contributed by atoms with van der Waals surface area (Å²) in [5.74, 6) is 0. The van der Waals surface area contributed by atoms with Crippen molar-refractivity contribution >= 4 is 20.0 Å². The number of primary sulfonamides is 1. The number of hydrogen-bond donors (Lipinski definition) is 2. The predicted octanol–water partition coefficient (Wildman–Crippen LogP) is 0.412. The minimum atomic E-state index is -3.90. The summed E-state index contributed by atoms with van der Waals surface area (Å²) in [6.07, 6.45) is 1.58. The lowest BCUT2D eigenvalue weighted by molar-refractivity contribution is 0.578. The molecule has 102 valence electrons. The molecule has 0 radical (unpaired) electrons. The van der Waals surface area contributed by atoms with E-state index in [1.54, 1.807) is 0 Å². The van der Waals surface area contributed by atoms with E-state index >= 15 is 0 Å². The van der Waals surface area contributed by atoms with E-state index in [1.165, 1.54) is 18.2 Å². The molecule has 0 saturated heterocycles. The van der Waals surface area contributed by atoms with Gasteiger partial charge >= 0.3 is 0 Å². The van der Waals surface area contributed by atoms with Crippen molar-refractivity contribution in [3.8, 4) is 0 Å². The molecule has 0 aliphatic rings. The Morgan fingerprint density at radius 2 is 1.78 bits per heavy atom. The molecular weight excluding hydrogens is 276 g/mol. The number of nitrogens with one attached hydrogen (secondary N) is 1. The highest BCUT2D eigenvalue weighted by molar-refractivity contribution is 7.90. The lowest BCUT2D eigenvalue weighted by Crippen LogP contribution is -2.25. The van der Waals surface area contributed by atoms with Crippen LogP contribution in [0.1, 0.15) is 19.8 Å². The van der Waals surface area contributed by atoms with Gasteiger partial charge in [0.05, 0.1) is 9.79 Å². The Bertz CT molecular complexity index is 609. The Labute approximate surface area is 107 Å². The van der Waals surface area contributed by atoms with Gasteiger partial charge in [-0.1, -0.05) is 19.4 Å². The predicted molar refractivity (Wildman–Crippen MR) is 67.9 cm³/mol. The van der Waals surface area contributed by atoms with Crippen molar-refractivity contribution < 1.29 is 16.8 Å². The number of sulfonamides is 2. The Morgan fingerprint density at radius 1 is 1.17 bits per heavy atom. The largest absolute Gasteiger partial charge is 0.240 e. The van der Waals surface area contributed by atoms with Crippen LogP contribution in [0.25, 0.3) is 0 Å². The maximum Gasteiger partial charge on any atom is 0.240 e. The van der Waals surface area contributed by atoms with Crippen LogP contribution in [0.2, 0.25) is 0 Å². The zero-order valence-electron chi connectivity index (χ0n) is 9.96. The van der Waals surface area contributed by atoms with Gasteiger partial charge in [0.2, 0.25) is 20.0 Å². The molecule has 0 bridgehead atoms. The third-order valence-electron chi connectivity index (χ3n) is 2.27. The van der Waals surface area contributed by atoms with Gasteiger partial charge in [-0.15, -0.1) is 0 Å². The summed E-state index contributed by atoms with van der Waals surface area (Å²) in [5, 5.41) is 4.95. The van der Waals surface area contributed by atoms with E-state index in [-0.39, 0.29) is 9.79 Å². The van der Waals surface area contributed by atoms with Crippen molar-refractivity contribution in [1.29, 1.82) is 0 Å². The molecular formula is C10H16N2O4S2. The van der Waals surface area contributed by atoms with Crippen LogP contribution in [-0.4, -0.2) is 23.4 Å². The topological polar surface area (TPSA) is 106 Å². The number of hydrogen-bond acceptors (Lipinski definition) is 4. The lowest BCUT2D eigenvalue weighted by Gasteiger charge is -2.07. The first kappa shape index (κ1) is 15.1. The van der Waals surface area contributed by atoms with E-state index in [2.05, 4.69) is 4.72 Å². The molecule has 8 heteroatoms. The molecule has 0 spiro atoms. The average molecular weight is 292 g/mol. The van der Waals surface area contributed by atoms with Crippen LogP contribution in [0.3, 0.4) is 0 Å². The van der Waals surface area contributed by atoms with E-state index in [9.17, 15) is 16.8 Å². The quantitative estimate of drug-likeness (QED) is 0.741. The van der Waals surface area contributed by atoms with E-state index in [1.807, 2.05) is 6.92 Å². The molecule has 0 heterocycles. The van der Waals surface area contributed by atoms with Crippen molar-refractivity contribution in [2.45, 2.75) is 29.6 Å². The Balaban J connectivity index is 3.03. The summed E-state index contributed by atoms with van der Waals surface area (Å²) in [7, 11) is -7.59. The van der Waals surface area contributed by atoms with Crippen LogP contribution in [0, 0.1) is 0 Å². The summed E-state index contributed by atoms with van der Waals surface area (Å²) in [6, 6.07) is 4.96. The normalized spacial score (nSPS) is 12.6. The van der Waals surface area contributed by atoms with Crippen LogP contribution in [-0.2, 0) is 20.0 Å². The monoisotopic (exact) mass is 292 g/mol. The molecule has 0 aliphatic heterocycles. The van der Waals surface area contributed by atoms with Crippen LogP contribution in [0.4, 0.5) is 0 Å². The molecule has 6 nitrogen and oxygen atoms in total. The lowest BCUT2D eigenvalue weighted by atomic mass is 10.3. The van der Waals surface area contributed by atoms with Crippen molar-refractivity contribution in [3.63, 3.8) is 0 Å². The number of nitrogens with two attached hydrogens (primary N) is 1. The summed E-state index contributed by atoms with van der Waals surface area (Å²) >= 11 is 0. The molecule has 1 rings (SSSR count). The zero-order chi connectivity index (χ0) is 13.8. The van der Waals surface area contributed by atoms with E-state index in [0.717, 1.165) is 12.5 Å². The summed E-state index contributed by atoms with van der Waals surface area (Å²) < 4.78 is 48.3.